The van der Waals surface area contributed by atoms with Crippen LogP contribution in [-0.2, 0) is 19.1 Å². The fourth-order valence-electron chi connectivity index (χ4n) is 2.92. The highest BCUT2D eigenvalue weighted by Crippen LogP contribution is 2.51. The number of carbonyl (C=O) groups is 2. The maximum absolute atomic E-state index is 12.3. The van der Waals surface area contributed by atoms with Crippen molar-refractivity contribution in [3.05, 3.63) is 0 Å². The molecule has 0 radical (unpaired) electrons. The first-order chi connectivity index (χ1) is 9.51. The van der Waals surface area contributed by atoms with E-state index in [1.165, 1.54) is 0 Å². The lowest BCUT2D eigenvalue weighted by Gasteiger charge is -2.22. The zero-order valence-electron chi connectivity index (χ0n) is 12.5. The number of nitrogens with one attached hydrogen (secondary N) is 1. The molecule has 0 amide bonds. The number of hydrazone groups is 1. The molecule has 0 saturated carbocycles. The minimum Gasteiger partial charge on any atom is -0.459 e. The summed E-state index contributed by atoms with van der Waals surface area (Å²) in [5, 5.41) is 4.01. The second-order valence-electron chi connectivity index (χ2n) is 6.38. The van der Waals surface area contributed by atoms with Gasteiger partial charge >= 0.3 is 11.9 Å². The molecule has 2 atom stereocenters. The van der Waals surface area contributed by atoms with Crippen LogP contribution in [0.15, 0.2) is 5.10 Å². The molecule has 0 aromatic rings. The molecule has 1 spiro atoms. The lowest BCUT2D eigenvalue weighted by molar-refractivity contribution is -0.160. The number of carbonyl (C=O) groups excluding carboxylic acids is 2. The number of nitrogens with zero attached hydrogens (tertiary/aromatic N) is 1. The number of thiocarbonyl (C=S) groups is 1. The van der Waals surface area contributed by atoms with Crippen LogP contribution in [-0.4, -0.2) is 34.0 Å². The van der Waals surface area contributed by atoms with Gasteiger partial charge in [0.25, 0.3) is 0 Å². The van der Waals surface area contributed by atoms with Crippen LogP contribution in [0.4, 0.5) is 0 Å². The summed E-state index contributed by atoms with van der Waals surface area (Å²) in [4.78, 5) is 24.5. The van der Waals surface area contributed by atoms with Gasteiger partial charge in [0.15, 0.2) is 16.1 Å². The van der Waals surface area contributed by atoms with Gasteiger partial charge in [-0.25, -0.2) is 0 Å². The molecular weight excluding hydrogens is 294 g/mol. The SMILES string of the molecule is CC(=NNC(N)=S)[C@]1(C)C[C@]2(CC(C)(C)OC2=O)C(=O)O1. The van der Waals surface area contributed by atoms with E-state index in [4.69, 9.17) is 15.2 Å². The minimum atomic E-state index is -1.25. The lowest BCUT2D eigenvalue weighted by Crippen LogP contribution is -2.37. The highest BCUT2D eigenvalue weighted by atomic mass is 32.1. The van der Waals surface area contributed by atoms with Crippen molar-refractivity contribution in [1.29, 1.82) is 0 Å². The fourth-order valence-corrected chi connectivity index (χ4v) is 2.96. The Morgan fingerprint density at radius 2 is 1.81 bits per heavy atom. The van der Waals surface area contributed by atoms with Gasteiger partial charge in [0, 0.05) is 12.8 Å². The Kier molecular flexibility index (Phi) is 3.48. The molecule has 2 saturated heterocycles. The van der Waals surface area contributed by atoms with Crippen molar-refractivity contribution in [2.75, 3.05) is 0 Å². The Bertz CT molecular complexity index is 560. The van der Waals surface area contributed by atoms with Gasteiger partial charge in [-0.2, -0.15) is 5.10 Å². The normalized spacial score (nSPS) is 34.8. The summed E-state index contributed by atoms with van der Waals surface area (Å²) in [5.74, 6) is -1.10. The van der Waals surface area contributed by atoms with Gasteiger partial charge in [0.05, 0.1) is 5.71 Å². The van der Waals surface area contributed by atoms with Crippen molar-refractivity contribution in [2.24, 2.45) is 16.3 Å². The molecule has 7 nitrogen and oxygen atoms in total. The maximum Gasteiger partial charge on any atom is 0.324 e. The molecule has 0 aromatic heterocycles. The van der Waals surface area contributed by atoms with Gasteiger partial charge in [-0.05, 0) is 39.9 Å². The molecule has 2 aliphatic rings. The summed E-state index contributed by atoms with van der Waals surface area (Å²) in [5.41, 5.74) is 5.34. The molecule has 2 fully saturated rings. The molecular formula is C13H19N3O4S. The first kappa shape index (κ1) is 15.7. The predicted octanol–water partition coefficient (Wildman–Crippen LogP) is 0.613. The minimum absolute atomic E-state index is 0.0124. The maximum atomic E-state index is 12.3. The summed E-state index contributed by atoms with van der Waals surface area (Å²) >= 11 is 4.68. The fraction of sp³-hybridized carbons (Fsp3) is 0.692. The molecule has 0 unspecified atom stereocenters. The Morgan fingerprint density at radius 1 is 1.24 bits per heavy atom. The zero-order chi connectivity index (χ0) is 16.1. The summed E-state index contributed by atoms with van der Waals surface area (Å²) in [6, 6.07) is 0. The molecule has 21 heavy (non-hydrogen) atoms. The summed E-state index contributed by atoms with van der Waals surface area (Å²) in [6.07, 6.45) is 0.485. The molecule has 2 rings (SSSR count). The van der Waals surface area contributed by atoms with E-state index in [-0.39, 0.29) is 11.5 Å². The molecule has 8 heteroatoms. The van der Waals surface area contributed by atoms with E-state index in [1.54, 1.807) is 27.7 Å². The third-order valence-electron chi connectivity index (χ3n) is 3.93. The molecule has 0 bridgehead atoms. The van der Waals surface area contributed by atoms with Crippen molar-refractivity contribution in [3.8, 4) is 0 Å². The zero-order valence-corrected chi connectivity index (χ0v) is 13.3. The van der Waals surface area contributed by atoms with E-state index >= 15 is 0 Å². The second-order valence-corrected chi connectivity index (χ2v) is 6.82. The van der Waals surface area contributed by atoms with Gasteiger partial charge in [0.2, 0.25) is 0 Å². The topological polar surface area (TPSA) is 103 Å². The third kappa shape index (κ3) is 2.59. The number of ether oxygens (including phenoxy) is 2. The molecule has 0 aliphatic carbocycles. The molecule has 2 aliphatic heterocycles. The van der Waals surface area contributed by atoms with Crippen LogP contribution in [0, 0.1) is 5.41 Å². The first-order valence-electron chi connectivity index (χ1n) is 6.58. The van der Waals surface area contributed by atoms with Crippen LogP contribution < -0.4 is 11.2 Å². The largest absolute Gasteiger partial charge is 0.459 e. The smallest absolute Gasteiger partial charge is 0.324 e. The number of esters is 2. The average Bonchev–Trinajstić information content (AvgIpc) is 2.71. The number of hydrogen-bond donors (Lipinski definition) is 2. The molecule has 2 heterocycles. The van der Waals surface area contributed by atoms with E-state index in [9.17, 15) is 9.59 Å². The van der Waals surface area contributed by atoms with Gasteiger partial charge in [-0.1, -0.05) is 0 Å². The number of cyclic esters (lactones) is 2. The van der Waals surface area contributed by atoms with Crippen molar-refractivity contribution in [3.63, 3.8) is 0 Å². The van der Waals surface area contributed by atoms with E-state index in [0.717, 1.165) is 0 Å². The van der Waals surface area contributed by atoms with E-state index in [0.29, 0.717) is 12.1 Å². The van der Waals surface area contributed by atoms with Crippen molar-refractivity contribution < 1.29 is 19.1 Å². The molecule has 3 N–H and O–H groups in total. The second kappa shape index (κ2) is 4.66. The van der Waals surface area contributed by atoms with Gasteiger partial charge in [0.1, 0.15) is 5.60 Å². The van der Waals surface area contributed by atoms with Crippen LogP contribution in [0.5, 0.6) is 0 Å². The first-order valence-corrected chi connectivity index (χ1v) is 6.99. The van der Waals surface area contributed by atoms with E-state index in [2.05, 4.69) is 22.7 Å². The quantitative estimate of drug-likeness (QED) is 0.253. The van der Waals surface area contributed by atoms with Crippen LogP contribution in [0.1, 0.15) is 40.5 Å². The van der Waals surface area contributed by atoms with Crippen molar-refractivity contribution in [1.82, 2.24) is 5.43 Å². The Labute approximate surface area is 128 Å². The summed E-state index contributed by atoms with van der Waals surface area (Å²) in [7, 11) is 0. The van der Waals surface area contributed by atoms with E-state index in [1.807, 2.05) is 0 Å². The van der Waals surface area contributed by atoms with Gasteiger partial charge < -0.3 is 15.2 Å². The van der Waals surface area contributed by atoms with Crippen LogP contribution >= 0.6 is 12.2 Å². The monoisotopic (exact) mass is 313 g/mol. The number of hydrogen-bond acceptors (Lipinski definition) is 6. The van der Waals surface area contributed by atoms with Gasteiger partial charge in [-0.15, -0.1) is 0 Å². The van der Waals surface area contributed by atoms with Crippen molar-refractivity contribution in [2.45, 2.75) is 51.7 Å². The summed E-state index contributed by atoms with van der Waals surface area (Å²) in [6.45, 7) is 6.94. The third-order valence-corrected chi connectivity index (χ3v) is 4.03. The molecule has 0 aromatic carbocycles. The Morgan fingerprint density at radius 3 is 2.29 bits per heavy atom. The van der Waals surface area contributed by atoms with Gasteiger partial charge in [-0.3, -0.25) is 15.0 Å². The van der Waals surface area contributed by atoms with Crippen LogP contribution in [0.25, 0.3) is 0 Å². The average molecular weight is 313 g/mol. The number of rotatable bonds is 2. The van der Waals surface area contributed by atoms with Crippen LogP contribution in [0.3, 0.4) is 0 Å². The molecule has 116 valence electrons. The van der Waals surface area contributed by atoms with E-state index < -0.39 is 28.6 Å². The Hall–Kier alpha value is -1.70. The van der Waals surface area contributed by atoms with Crippen molar-refractivity contribution >= 4 is 35.0 Å². The number of nitrogens with two attached hydrogens (primary N) is 1. The van der Waals surface area contributed by atoms with Crippen LogP contribution in [0.2, 0.25) is 0 Å². The lowest BCUT2D eigenvalue weighted by atomic mass is 9.75. The standard InChI is InChI=1S/C13H19N3O4S/c1-7(15-16-10(14)21)12(4)6-13(9(18)20-12)5-11(2,3)19-8(13)17/h5-6H2,1-4H3,(H3,14,16,21)/t12-,13-/m0/s1. The summed E-state index contributed by atoms with van der Waals surface area (Å²) < 4.78 is 10.7. The predicted molar refractivity (Wildman–Crippen MR) is 79.4 cm³/mol. The highest BCUT2D eigenvalue weighted by Gasteiger charge is 2.67. The Balaban J connectivity index is 2.29. The highest BCUT2D eigenvalue weighted by molar-refractivity contribution is 7.80.